The quantitative estimate of drug-likeness (QED) is 0.0737. The number of hydrogen-bond acceptors (Lipinski definition) is 11. The number of aromatic nitrogens is 1. The summed E-state index contributed by atoms with van der Waals surface area (Å²) in [5, 5.41) is 64.6. The zero-order valence-corrected chi connectivity index (χ0v) is 20.5. The van der Waals surface area contributed by atoms with Crippen LogP contribution in [0.5, 0.6) is 28.7 Å². The van der Waals surface area contributed by atoms with Crippen molar-refractivity contribution in [2.24, 2.45) is 0 Å². The topological polar surface area (TPSA) is 204 Å². The monoisotopic (exact) mass is 555 g/mol. The summed E-state index contributed by atoms with van der Waals surface area (Å²) < 4.78 is 24.5. The van der Waals surface area contributed by atoms with Crippen molar-refractivity contribution < 1.29 is 59.9 Å². The van der Waals surface area contributed by atoms with E-state index in [0.717, 1.165) is 46.7 Å². The Morgan fingerprint density at radius 3 is 2.08 bits per heavy atom. The number of quaternary nitrogens is 3. The normalized spacial score (nSPS) is 16.4. The molecular formula is C25H23N4O11+. The summed E-state index contributed by atoms with van der Waals surface area (Å²) in [5.41, 5.74) is 1.66. The molecule has 0 amide bonds. The van der Waals surface area contributed by atoms with E-state index in [0.29, 0.717) is 25.7 Å². The molecule has 208 valence electrons. The number of hydrogen-bond donors (Lipinski definition) is 7. The molecular weight excluding hydrogens is 532 g/mol. The number of aromatic hydroxyl groups is 1. The molecule has 7 rings (SSSR count). The molecule has 0 spiro atoms. The second-order valence-electron chi connectivity index (χ2n) is 9.10. The van der Waals surface area contributed by atoms with Crippen LogP contribution in [-0.4, -0.2) is 34.3 Å². The Kier molecular flexibility index (Phi) is 6.51. The highest BCUT2D eigenvalue weighted by molar-refractivity contribution is 5.92. The van der Waals surface area contributed by atoms with Gasteiger partial charge in [-0.15, -0.1) is 0 Å². The fraction of sp³-hybridized carbons (Fsp3) is 0.160. The lowest BCUT2D eigenvalue weighted by molar-refractivity contribution is -1.00. The minimum atomic E-state index is -1.61. The van der Waals surface area contributed by atoms with Gasteiger partial charge in [0, 0.05) is 12.5 Å². The number of benzene rings is 3. The number of ether oxygens (including phenoxy) is 4. The third-order valence-corrected chi connectivity index (χ3v) is 6.81. The van der Waals surface area contributed by atoms with Crippen LogP contribution in [0, 0.1) is 15.6 Å². The van der Waals surface area contributed by atoms with Gasteiger partial charge < -0.3 is 39.7 Å². The highest BCUT2D eigenvalue weighted by Gasteiger charge is 2.29. The van der Waals surface area contributed by atoms with E-state index < -0.39 is 38.5 Å². The third-order valence-electron chi connectivity index (χ3n) is 6.81. The molecule has 1 aromatic heterocycles. The van der Waals surface area contributed by atoms with Crippen molar-refractivity contribution in [2.45, 2.75) is 13.0 Å². The predicted octanol–water partition coefficient (Wildman–Crippen LogP) is -0.590. The third kappa shape index (κ3) is 4.48. The maximum absolute atomic E-state index is 10.6. The molecule has 0 fully saturated rings. The van der Waals surface area contributed by atoms with Crippen molar-refractivity contribution in [1.29, 1.82) is 0 Å². The van der Waals surface area contributed by atoms with E-state index in [1.807, 2.05) is 6.07 Å². The summed E-state index contributed by atoms with van der Waals surface area (Å²) in [6, 6.07) is 11.9. The zero-order chi connectivity index (χ0) is 28.1. The molecule has 0 saturated heterocycles. The first-order valence-corrected chi connectivity index (χ1v) is 12.0. The molecule has 3 atom stereocenters. The van der Waals surface area contributed by atoms with Crippen LogP contribution in [0.25, 0.3) is 22.0 Å². The highest BCUT2D eigenvalue weighted by Crippen LogP contribution is 2.42. The van der Waals surface area contributed by atoms with Crippen molar-refractivity contribution >= 4 is 27.8 Å². The van der Waals surface area contributed by atoms with Crippen molar-refractivity contribution in [3.63, 3.8) is 0 Å². The van der Waals surface area contributed by atoms with Crippen LogP contribution in [-0.2, 0) is 13.0 Å². The molecule has 40 heavy (non-hydrogen) atoms. The minimum absolute atomic E-state index is 0.294. The smallest absolute Gasteiger partial charge is 0.247 e. The van der Waals surface area contributed by atoms with Crippen LogP contribution < -0.4 is 39.2 Å². The molecule has 4 aromatic rings. The predicted molar refractivity (Wildman–Crippen MR) is 131 cm³/mol. The number of nitrogens with one attached hydrogen (secondary N) is 3. The number of rotatable bonds is 3. The van der Waals surface area contributed by atoms with Crippen LogP contribution in [0.2, 0.25) is 0 Å². The van der Waals surface area contributed by atoms with Gasteiger partial charge in [-0.1, -0.05) is 0 Å². The lowest BCUT2D eigenvalue weighted by atomic mass is 9.95. The largest absolute Gasteiger partial charge is 0.595 e. The summed E-state index contributed by atoms with van der Waals surface area (Å²) in [4.78, 5) is 0. The van der Waals surface area contributed by atoms with Gasteiger partial charge in [-0.05, 0) is 35.2 Å². The lowest BCUT2D eigenvalue weighted by Gasteiger charge is -2.20. The number of fused-ring (bicyclic) bond motifs is 7. The van der Waals surface area contributed by atoms with Gasteiger partial charge in [0.1, 0.15) is 0 Å². The SMILES string of the molecule is [O-][NH+](O)c1cc([NH+]([O-])O)c(O)c([NH+]([O-])O)c1.c1c2c(cc3c1OCO3)-c1cc3ccc4c(c3c[n+]1CC2)OCO4. The van der Waals surface area contributed by atoms with Crippen LogP contribution in [0.4, 0.5) is 17.1 Å². The standard InChI is InChI=1S/C19H14NO4.C6H9N3O7/c1-2-16-19(24-10-21-16)14-8-20-4-3-12-6-17-18(23-9-22-17)7-13(12)15(20)5-11(1)14;10-6-4(8(13)14)1-3(7(11)12)2-5(6)9(15)16/h1-2,5-8H,3-4,9-10H2;1-2,7-11,13,15H/q+1;. The molecule has 7 N–H and O–H groups in total. The van der Waals surface area contributed by atoms with Crippen molar-refractivity contribution in [3.8, 4) is 40.0 Å². The first-order valence-electron chi connectivity index (χ1n) is 12.0. The van der Waals surface area contributed by atoms with E-state index in [-0.39, 0.29) is 0 Å². The molecule has 4 heterocycles. The summed E-state index contributed by atoms with van der Waals surface area (Å²) in [7, 11) is 0. The van der Waals surface area contributed by atoms with Gasteiger partial charge in [0.05, 0.1) is 23.1 Å². The van der Waals surface area contributed by atoms with Crippen molar-refractivity contribution in [3.05, 3.63) is 69.8 Å². The average molecular weight is 555 g/mol. The minimum Gasteiger partial charge on any atom is -0.595 e. The van der Waals surface area contributed by atoms with Gasteiger partial charge in [-0.2, -0.15) is 20.2 Å². The molecule has 15 nitrogen and oxygen atoms in total. The Labute approximate surface area is 224 Å². The van der Waals surface area contributed by atoms with E-state index in [1.54, 1.807) is 0 Å². The van der Waals surface area contributed by atoms with Crippen LogP contribution in [0.3, 0.4) is 0 Å². The fourth-order valence-electron chi connectivity index (χ4n) is 4.90. The molecule has 0 radical (unpaired) electrons. The molecule has 0 aliphatic carbocycles. The molecule has 3 aromatic carbocycles. The molecule has 15 heteroatoms. The summed E-state index contributed by atoms with van der Waals surface area (Å²) >= 11 is 0. The molecule has 3 aliphatic rings. The Balaban J connectivity index is 0.000000159. The van der Waals surface area contributed by atoms with Crippen LogP contribution >= 0.6 is 0 Å². The van der Waals surface area contributed by atoms with Crippen molar-refractivity contribution in [1.82, 2.24) is 0 Å². The van der Waals surface area contributed by atoms with Gasteiger partial charge >= 0.3 is 0 Å². The van der Waals surface area contributed by atoms with Gasteiger partial charge in [-0.25, -0.2) is 15.6 Å². The van der Waals surface area contributed by atoms with E-state index in [1.165, 1.54) is 16.8 Å². The van der Waals surface area contributed by atoms with Crippen LogP contribution in [0.1, 0.15) is 5.56 Å². The summed E-state index contributed by atoms with van der Waals surface area (Å²) in [6.45, 7) is 1.53. The van der Waals surface area contributed by atoms with E-state index in [9.17, 15) is 20.7 Å². The molecule has 0 bridgehead atoms. The van der Waals surface area contributed by atoms with Crippen molar-refractivity contribution in [2.75, 3.05) is 13.6 Å². The fourth-order valence-corrected chi connectivity index (χ4v) is 4.90. The number of phenolic OH excluding ortho intramolecular Hbond substituents is 1. The molecule has 3 aliphatic heterocycles. The number of phenols is 1. The second kappa shape index (κ2) is 10.0. The molecule has 3 unspecified atom stereocenters. The Morgan fingerprint density at radius 1 is 0.750 bits per heavy atom. The number of aryl methyl sites for hydroxylation is 2. The average Bonchev–Trinajstić information content (AvgIpc) is 3.60. The summed E-state index contributed by atoms with van der Waals surface area (Å²) in [5.74, 6) is 2.38. The molecule has 0 saturated carbocycles. The van der Waals surface area contributed by atoms with Gasteiger partial charge in [0.15, 0.2) is 41.4 Å². The van der Waals surface area contributed by atoms with E-state index in [4.69, 9.17) is 34.6 Å². The lowest BCUT2D eigenvalue weighted by Crippen LogP contribution is -3.02. The van der Waals surface area contributed by atoms with Gasteiger partial charge in [0.2, 0.25) is 36.4 Å². The Bertz CT molecular complexity index is 1600. The van der Waals surface area contributed by atoms with Crippen LogP contribution in [0.15, 0.2) is 48.7 Å². The maximum Gasteiger partial charge on any atom is 0.247 e. The number of pyridine rings is 1. The first-order chi connectivity index (χ1) is 19.2. The summed E-state index contributed by atoms with van der Waals surface area (Å²) in [6.07, 6.45) is 3.15. The second-order valence-corrected chi connectivity index (χ2v) is 9.10. The Morgan fingerprint density at radius 2 is 1.40 bits per heavy atom. The zero-order valence-electron chi connectivity index (χ0n) is 20.5. The first kappa shape index (κ1) is 26.0. The highest BCUT2D eigenvalue weighted by atomic mass is 16.8. The van der Waals surface area contributed by atoms with Gasteiger partial charge in [-0.3, -0.25) is 0 Å². The maximum atomic E-state index is 10.6. The van der Waals surface area contributed by atoms with Gasteiger partial charge in [0.25, 0.3) is 0 Å². The number of nitrogens with zero attached hydrogens (tertiary/aromatic N) is 1. The van der Waals surface area contributed by atoms with E-state index >= 15 is 0 Å². The Hall–Kier alpha value is -4.29. The van der Waals surface area contributed by atoms with E-state index in [2.05, 4.69) is 35.0 Å².